The second-order valence-corrected chi connectivity index (χ2v) is 23.3. The Bertz CT molecular complexity index is 1380. The molecule has 72 heavy (non-hydrogen) atoms. The minimum atomic E-state index is -4.44. The molecule has 0 rings (SSSR count). The number of phosphoric acid groups is 1. The Kier molecular flexibility index (Phi) is 50.9. The molecule has 0 heterocycles. The number of unbranched alkanes of at least 4 members (excludes halogenated alkanes) is 33. The molecule has 2 N–H and O–H groups in total. The standard InChI is InChI=1S/C62H117N2O7P/c1-7-10-13-16-19-22-25-27-28-29-30-31-32-33-34-35-36-37-40-43-46-49-52-55-62(66)71-60(53-50-47-44-41-39-26-23-20-17-14-11-8-2)59(58-70-72(67,68)69-57-56-64(4,5)6)63-61(65)54-51-48-45-42-38-24-21-18-15-12-9-3/h19,22,27-28,30-31,50,53,59-60H,7-18,20-21,23-26,29,32-49,51-52,54-58H2,1-6H3,(H-,63,65,67,68)/p+1/b22-19-,28-27-,31-30-,53-50-. The van der Waals surface area contributed by atoms with Crippen molar-refractivity contribution >= 4 is 19.7 Å². The van der Waals surface area contributed by atoms with Gasteiger partial charge in [-0.1, -0.05) is 250 Å². The maximum atomic E-state index is 13.5. The van der Waals surface area contributed by atoms with Crippen molar-refractivity contribution < 1.29 is 37.3 Å². The number of carbonyl (C=O) groups is 2. The predicted octanol–water partition coefficient (Wildman–Crippen LogP) is 18.5. The summed E-state index contributed by atoms with van der Waals surface area (Å²) in [6.07, 6.45) is 63.9. The molecule has 0 bridgehead atoms. The molecular formula is C62H118N2O7P+. The van der Waals surface area contributed by atoms with Crippen molar-refractivity contribution in [2.24, 2.45) is 0 Å². The fourth-order valence-electron chi connectivity index (χ4n) is 8.77. The van der Waals surface area contributed by atoms with Crippen LogP contribution in [0.2, 0.25) is 0 Å². The molecule has 0 aliphatic carbocycles. The quantitative estimate of drug-likeness (QED) is 0.0205. The summed E-state index contributed by atoms with van der Waals surface area (Å²) in [4.78, 5) is 37.6. The molecule has 422 valence electrons. The van der Waals surface area contributed by atoms with Crippen LogP contribution in [-0.2, 0) is 27.9 Å². The van der Waals surface area contributed by atoms with Gasteiger partial charge in [0.15, 0.2) is 0 Å². The molecule has 9 nitrogen and oxygen atoms in total. The highest BCUT2D eigenvalue weighted by atomic mass is 31.2. The van der Waals surface area contributed by atoms with Crippen LogP contribution < -0.4 is 5.32 Å². The minimum absolute atomic E-state index is 0.0408. The zero-order valence-corrected chi connectivity index (χ0v) is 49.1. The SMILES string of the molecule is CCCCC/C=C\C/C=C\C/C=C\CCCCCCCCCCCCC(=O)OC(/C=C\CCCCCCCCCCCC)C(COP(=O)(O)OCC[N+](C)(C)C)NC(=O)CCCCCCCCCCCCC. The number of hydrogen-bond donors (Lipinski definition) is 2. The van der Waals surface area contributed by atoms with E-state index in [1.54, 1.807) is 0 Å². The third-order valence-corrected chi connectivity index (χ3v) is 14.5. The molecule has 0 aliphatic heterocycles. The number of quaternary nitrogens is 1. The van der Waals surface area contributed by atoms with Gasteiger partial charge in [-0.15, -0.1) is 0 Å². The molecule has 10 heteroatoms. The number of nitrogens with zero attached hydrogens (tertiary/aromatic N) is 1. The summed E-state index contributed by atoms with van der Waals surface area (Å²) in [6.45, 7) is 6.99. The van der Waals surface area contributed by atoms with Crippen LogP contribution in [0.15, 0.2) is 48.6 Å². The van der Waals surface area contributed by atoms with Gasteiger partial charge in [0.2, 0.25) is 5.91 Å². The van der Waals surface area contributed by atoms with Crippen LogP contribution in [0.3, 0.4) is 0 Å². The maximum absolute atomic E-state index is 13.5. The Morgan fingerprint density at radius 1 is 0.486 bits per heavy atom. The lowest BCUT2D eigenvalue weighted by atomic mass is 10.0. The predicted molar refractivity (Wildman–Crippen MR) is 309 cm³/mol. The summed E-state index contributed by atoms with van der Waals surface area (Å²) in [6, 6.07) is -0.845. The Balaban J connectivity index is 5.15. The molecule has 1 amide bonds. The fraction of sp³-hybridized carbons (Fsp3) is 0.839. The summed E-state index contributed by atoms with van der Waals surface area (Å²) >= 11 is 0. The first-order valence-electron chi connectivity index (χ1n) is 30.5. The van der Waals surface area contributed by atoms with Crippen molar-refractivity contribution in [1.29, 1.82) is 0 Å². The first-order chi connectivity index (χ1) is 34.9. The van der Waals surface area contributed by atoms with E-state index in [2.05, 4.69) is 62.5 Å². The van der Waals surface area contributed by atoms with Crippen molar-refractivity contribution in [2.75, 3.05) is 40.9 Å². The largest absolute Gasteiger partial charge is 0.472 e. The number of rotatable bonds is 55. The average Bonchev–Trinajstić information content (AvgIpc) is 3.34. The highest BCUT2D eigenvalue weighted by Crippen LogP contribution is 2.43. The van der Waals surface area contributed by atoms with E-state index in [1.165, 1.54) is 180 Å². The van der Waals surface area contributed by atoms with Crippen LogP contribution in [0.25, 0.3) is 0 Å². The molecule has 0 aliphatic rings. The Morgan fingerprint density at radius 2 is 0.847 bits per heavy atom. The normalized spacial score (nSPS) is 14.0. The summed E-state index contributed by atoms with van der Waals surface area (Å²) < 4.78 is 30.6. The minimum Gasteiger partial charge on any atom is -0.456 e. The highest BCUT2D eigenvalue weighted by Gasteiger charge is 2.30. The van der Waals surface area contributed by atoms with E-state index in [1.807, 2.05) is 33.3 Å². The molecule has 0 saturated heterocycles. The van der Waals surface area contributed by atoms with Gasteiger partial charge < -0.3 is 19.4 Å². The number of esters is 1. The van der Waals surface area contributed by atoms with Crippen LogP contribution in [-0.4, -0.2) is 74.3 Å². The van der Waals surface area contributed by atoms with Crippen molar-refractivity contribution in [2.45, 2.75) is 296 Å². The molecule has 3 atom stereocenters. The molecular weight excluding hydrogens is 916 g/mol. The second kappa shape index (κ2) is 52.4. The van der Waals surface area contributed by atoms with Crippen molar-refractivity contribution in [3.8, 4) is 0 Å². The average molecular weight is 1030 g/mol. The fourth-order valence-corrected chi connectivity index (χ4v) is 9.51. The Morgan fingerprint density at radius 3 is 1.29 bits per heavy atom. The van der Waals surface area contributed by atoms with E-state index in [0.29, 0.717) is 17.4 Å². The van der Waals surface area contributed by atoms with Gasteiger partial charge in [-0.2, -0.15) is 0 Å². The number of carbonyl (C=O) groups excluding carboxylic acids is 2. The molecule has 0 radical (unpaired) electrons. The first kappa shape index (κ1) is 70.0. The summed E-state index contributed by atoms with van der Waals surface area (Å²) in [5.74, 6) is -0.502. The number of allylic oxidation sites excluding steroid dienone is 7. The van der Waals surface area contributed by atoms with Crippen molar-refractivity contribution in [3.63, 3.8) is 0 Å². The van der Waals surface area contributed by atoms with Crippen LogP contribution in [0.1, 0.15) is 284 Å². The third-order valence-electron chi connectivity index (χ3n) is 13.5. The zero-order valence-electron chi connectivity index (χ0n) is 48.2. The third kappa shape index (κ3) is 52.8. The second-order valence-electron chi connectivity index (χ2n) is 21.9. The van der Waals surface area contributed by atoms with Crippen LogP contribution in [0.5, 0.6) is 0 Å². The Labute approximate surface area is 446 Å². The monoisotopic (exact) mass is 1030 g/mol. The molecule has 0 aromatic rings. The number of likely N-dealkylation sites (N-methyl/N-ethyl adjacent to an activating group) is 1. The van der Waals surface area contributed by atoms with E-state index < -0.39 is 20.0 Å². The van der Waals surface area contributed by atoms with E-state index in [4.69, 9.17) is 13.8 Å². The summed E-state index contributed by atoms with van der Waals surface area (Å²) in [5.41, 5.74) is 0. The number of hydrogen-bond acceptors (Lipinski definition) is 6. The number of nitrogens with one attached hydrogen (secondary N) is 1. The molecule has 0 aromatic carbocycles. The van der Waals surface area contributed by atoms with Gasteiger partial charge in [0.25, 0.3) is 0 Å². The van der Waals surface area contributed by atoms with Gasteiger partial charge in [-0.25, -0.2) is 4.57 Å². The van der Waals surface area contributed by atoms with E-state index >= 15 is 0 Å². The van der Waals surface area contributed by atoms with E-state index in [-0.39, 0.29) is 31.5 Å². The van der Waals surface area contributed by atoms with Gasteiger partial charge in [0.05, 0.1) is 33.8 Å². The maximum Gasteiger partial charge on any atom is 0.472 e. The smallest absolute Gasteiger partial charge is 0.456 e. The van der Waals surface area contributed by atoms with Gasteiger partial charge >= 0.3 is 13.8 Å². The van der Waals surface area contributed by atoms with Gasteiger partial charge in [-0.05, 0) is 70.3 Å². The van der Waals surface area contributed by atoms with Gasteiger partial charge in [0, 0.05) is 12.8 Å². The highest BCUT2D eigenvalue weighted by molar-refractivity contribution is 7.47. The van der Waals surface area contributed by atoms with Crippen molar-refractivity contribution in [1.82, 2.24) is 5.32 Å². The number of amides is 1. The van der Waals surface area contributed by atoms with Gasteiger partial charge in [0.1, 0.15) is 19.3 Å². The lowest BCUT2D eigenvalue weighted by Crippen LogP contribution is -2.47. The van der Waals surface area contributed by atoms with E-state index in [0.717, 1.165) is 70.6 Å². The van der Waals surface area contributed by atoms with E-state index in [9.17, 15) is 19.0 Å². The Hall–Kier alpha value is -2.03. The lowest BCUT2D eigenvalue weighted by Gasteiger charge is -2.27. The molecule has 3 unspecified atom stereocenters. The topological polar surface area (TPSA) is 111 Å². The van der Waals surface area contributed by atoms with Crippen molar-refractivity contribution in [3.05, 3.63) is 48.6 Å². The molecule has 0 fully saturated rings. The van der Waals surface area contributed by atoms with Crippen LogP contribution in [0, 0.1) is 0 Å². The number of ether oxygens (including phenoxy) is 1. The molecule has 0 aromatic heterocycles. The zero-order chi connectivity index (χ0) is 52.9. The van der Waals surface area contributed by atoms with Crippen LogP contribution in [0.4, 0.5) is 0 Å². The molecule has 0 saturated carbocycles. The van der Waals surface area contributed by atoms with Gasteiger partial charge in [-0.3, -0.25) is 18.6 Å². The summed E-state index contributed by atoms with van der Waals surface area (Å²) in [7, 11) is 1.50. The molecule has 0 spiro atoms. The lowest BCUT2D eigenvalue weighted by molar-refractivity contribution is -0.870. The first-order valence-corrected chi connectivity index (χ1v) is 32.0. The number of phosphoric ester groups is 1. The summed E-state index contributed by atoms with van der Waals surface area (Å²) in [5, 5.41) is 3.05. The van der Waals surface area contributed by atoms with Crippen LogP contribution >= 0.6 is 7.82 Å².